The van der Waals surface area contributed by atoms with Crippen LogP contribution in [0.3, 0.4) is 0 Å². The molecule has 0 unspecified atom stereocenters. The normalized spacial score (nSPS) is 11.2. The maximum atomic E-state index is 13.9. The lowest BCUT2D eigenvalue weighted by Crippen LogP contribution is -2.15. The van der Waals surface area contributed by atoms with E-state index in [1.165, 1.54) is 23.9 Å². The molecule has 0 bridgehead atoms. The summed E-state index contributed by atoms with van der Waals surface area (Å²) in [5.74, 6) is 0.0838. The second kappa shape index (κ2) is 7.84. The number of carbonyl (C=O) groups excluding carboxylic acids is 1. The van der Waals surface area contributed by atoms with Crippen LogP contribution in [0.25, 0.3) is 16.7 Å². The zero-order valence-corrected chi connectivity index (χ0v) is 17.2. The topological polar surface area (TPSA) is 72.2 Å². The van der Waals surface area contributed by atoms with Crippen molar-refractivity contribution in [3.05, 3.63) is 58.6 Å². The molecule has 0 atom stereocenters. The fourth-order valence-corrected chi connectivity index (χ4v) is 3.95. The molecular formula is C19H15BrFN5OS. The summed E-state index contributed by atoms with van der Waals surface area (Å²) in [7, 11) is 0. The van der Waals surface area contributed by atoms with Gasteiger partial charge in [0.25, 0.3) is 0 Å². The van der Waals surface area contributed by atoms with Crippen LogP contribution in [0.1, 0.15) is 12.7 Å². The SMILES string of the molecule is CCc1nnc2c(SCC(=O)Nc3ccc(Br)cc3F)nc3ccccc3n12. The van der Waals surface area contributed by atoms with Crippen molar-refractivity contribution in [3.63, 3.8) is 0 Å². The number of fused-ring (bicyclic) bond motifs is 3. The Hall–Kier alpha value is -2.52. The molecule has 142 valence electrons. The van der Waals surface area contributed by atoms with Crippen LogP contribution in [0.2, 0.25) is 0 Å². The number of para-hydroxylation sites is 2. The fraction of sp³-hybridized carbons (Fsp3) is 0.158. The van der Waals surface area contributed by atoms with Gasteiger partial charge in [-0.2, -0.15) is 0 Å². The molecule has 6 nitrogen and oxygen atoms in total. The molecule has 4 aromatic rings. The van der Waals surface area contributed by atoms with Gasteiger partial charge in [-0.15, -0.1) is 10.2 Å². The highest BCUT2D eigenvalue weighted by Crippen LogP contribution is 2.26. The standard InChI is InChI=1S/C19H15BrFN5OS/c1-2-16-24-25-18-19(23-14-5-3-4-6-15(14)26(16)18)28-10-17(27)22-13-8-7-11(20)9-12(13)21/h3-9H,2,10H2,1H3,(H,22,27). The lowest BCUT2D eigenvalue weighted by atomic mass is 10.3. The summed E-state index contributed by atoms with van der Waals surface area (Å²) in [5, 5.41) is 11.7. The monoisotopic (exact) mass is 459 g/mol. The third-order valence-electron chi connectivity index (χ3n) is 4.13. The zero-order valence-electron chi connectivity index (χ0n) is 14.8. The van der Waals surface area contributed by atoms with E-state index in [9.17, 15) is 9.18 Å². The van der Waals surface area contributed by atoms with E-state index in [1.54, 1.807) is 6.07 Å². The van der Waals surface area contributed by atoms with Gasteiger partial charge in [-0.05, 0) is 30.3 Å². The molecule has 1 amide bonds. The maximum absolute atomic E-state index is 13.9. The molecule has 2 aromatic heterocycles. The van der Waals surface area contributed by atoms with Crippen LogP contribution in [0.5, 0.6) is 0 Å². The molecule has 0 saturated carbocycles. The number of aromatic nitrogens is 4. The fourth-order valence-electron chi connectivity index (χ4n) is 2.85. The first kappa shape index (κ1) is 18.8. The highest BCUT2D eigenvalue weighted by atomic mass is 79.9. The number of benzene rings is 2. The van der Waals surface area contributed by atoms with Gasteiger partial charge in [0.1, 0.15) is 16.7 Å². The number of carbonyl (C=O) groups is 1. The molecule has 0 spiro atoms. The van der Waals surface area contributed by atoms with Crippen molar-refractivity contribution >= 4 is 56.0 Å². The van der Waals surface area contributed by atoms with Crippen molar-refractivity contribution in [1.29, 1.82) is 0 Å². The molecule has 4 rings (SSSR count). The third-order valence-corrected chi connectivity index (χ3v) is 5.57. The average molecular weight is 460 g/mol. The number of amides is 1. The molecule has 0 saturated heterocycles. The molecule has 0 aliphatic rings. The number of hydrogen-bond donors (Lipinski definition) is 1. The molecule has 2 heterocycles. The Morgan fingerprint density at radius 3 is 2.86 bits per heavy atom. The Bertz CT molecular complexity index is 1200. The van der Waals surface area contributed by atoms with Gasteiger partial charge < -0.3 is 5.32 Å². The molecule has 0 aliphatic carbocycles. The van der Waals surface area contributed by atoms with Crippen molar-refractivity contribution in [1.82, 2.24) is 19.6 Å². The number of rotatable bonds is 5. The number of anilines is 1. The van der Waals surface area contributed by atoms with Crippen LogP contribution in [0.15, 0.2) is 52.0 Å². The van der Waals surface area contributed by atoms with Gasteiger partial charge in [0.2, 0.25) is 5.91 Å². The Kier molecular flexibility index (Phi) is 5.27. The Labute approximate surface area is 172 Å². The number of nitrogens with one attached hydrogen (secondary N) is 1. The van der Waals surface area contributed by atoms with Crippen LogP contribution < -0.4 is 5.32 Å². The lowest BCUT2D eigenvalue weighted by molar-refractivity contribution is -0.113. The van der Waals surface area contributed by atoms with Crippen molar-refractivity contribution < 1.29 is 9.18 Å². The van der Waals surface area contributed by atoms with Crippen LogP contribution in [-0.2, 0) is 11.2 Å². The molecule has 0 aliphatic heterocycles. The van der Waals surface area contributed by atoms with Crippen molar-refractivity contribution in [2.75, 3.05) is 11.1 Å². The minimum Gasteiger partial charge on any atom is -0.323 e. The largest absolute Gasteiger partial charge is 0.323 e. The number of nitrogens with zero attached hydrogens (tertiary/aromatic N) is 4. The van der Waals surface area contributed by atoms with E-state index in [2.05, 4.69) is 36.4 Å². The number of aryl methyl sites for hydroxylation is 1. The zero-order chi connectivity index (χ0) is 19.7. The summed E-state index contributed by atoms with van der Waals surface area (Å²) in [4.78, 5) is 16.9. The Balaban J connectivity index is 1.60. The lowest BCUT2D eigenvalue weighted by Gasteiger charge is -2.09. The average Bonchev–Trinajstić information content (AvgIpc) is 3.13. The van der Waals surface area contributed by atoms with Crippen molar-refractivity contribution in [2.45, 2.75) is 18.4 Å². The molecule has 1 N–H and O–H groups in total. The van der Waals surface area contributed by atoms with Gasteiger partial charge in [0, 0.05) is 10.9 Å². The molecule has 0 radical (unpaired) electrons. The minimum atomic E-state index is -0.496. The van der Waals surface area contributed by atoms with Gasteiger partial charge >= 0.3 is 0 Å². The van der Waals surface area contributed by atoms with E-state index in [1.807, 2.05) is 35.6 Å². The highest BCUT2D eigenvalue weighted by Gasteiger charge is 2.16. The minimum absolute atomic E-state index is 0.0742. The molecule has 28 heavy (non-hydrogen) atoms. The van der Waals surface area contributed by atoms with E-state index >= 15 is 0 Å². The van der Waals surface area contributed by atoms with Gasteiger partial charge in [-0.3, -0.25) is 9.20 Å². The quantitative estimate of drug-likeness (QED) is 0.445. The van der Waals surface area contributed by atoms with Crippen molar-refractivity contribution in [3.8, 4) is 0 Å². The first-order valence-electron chi connectivity index (χ1n) is 8.57. The van der Waals surface area contributed by atoms with E-state index in [0.717, 1.165) is 23.3 Å². The van der Waals surface area contributed by atoms with Crippen LogP contribution in [-0.4, -0.2) is 31.2 Å². The maximum Gasteiger partial charge on any atom is 0.234 e. The van der Waals surface area contributed by atoms with Gasteiger partial charge in [-0.25, -0.2) is 9.37 Å². The van der Waals surface area contributed by atoms with Gasteiger partial charge in [0.05, 0.1) is 22.5 Å². The predicted octanol–water partition coefficient (Wildman–Crippen LogP) is 4.47. The van der Waals surface area contributed by atoms with Crippen LogP contribution >= 0.6 is 27.7 Å². The summed E-state index contributed by atoms with van der Waals surface area (Å²) >= 11 is 4.44. The predicted molar refractivity (Wildman–Crippen MR) is 111 cm³/mol. The first-order valence-corrected chi connectivity index (χ1v) is 10.3. The van der Waals surface area contributed by atoms with E-state index < -0.39 is 5.82 Å². The summed E-state index contributed by atoms with van der Waals surface area (Å²) < 4.78 is 16.5. The Morgan fingerprint density at radius 2 is 2.07 bits per heavy atom. The van der Waals surface area contributed by atoms with E-state index in [0.29, 0.717) is 15.1 Å². The number of thioether (sulfide) groups is 1. The molecule has 2 aromatic carbocycles. The van der Waals surface area contributed by atoms with Crippen molar-refractivity contribution in [2.24, 2.45) is 0 Å². The smallest absolute Gasteiger partial charge is 0.234 e. The third kappa shape index (κ3) is 3.59. The van der Waals surface area contributed by atoms with Crippen LogP contribution in [0.4, 0.5) is 10.1 Å². The molecular weight excluding hydrogens is 445 g/mol. The van der Waals surface area contributed by atoms with E-state index in [4.69, 9.17) is 0 Å². The summed E-state index contributed by atoms with van der Waals surface area (Å²) in [5.41, 5.74) is 2.47. The Morgan fingerprint density at radius 1 is 1.25 bits per heavy atom. The molecule has 9 heteroatoms. The molecule has 0 fully saturated rings. The highest BCUT2D eigenvalue weighted by molar-refractivity contribution is 9.10. The number of halogens is 2. The first-order chi connectivity index (χ1) is 13.6. The van der Waals surface area contributed by atoms with Gasteiger partial charge in [-0.1, -0.05) is 46.7 Å². The summed E-state index contributed by atoms with van der Waals surface area (Å²) in [6, 6.07) is 12.2. The number of hydrogen-bond acceptors (Lipinski definition) is 5. The second-order valence-corrected chi connectivity index (χ2v) is 7.88. The van der Waals surface area contributed by atoms with Gasteiger partial charge in [0.15, 0.2) is 5.65 Å². The van der Waals surface area contributed by atoms with E-state index in [-0.39, 0.29) is 17.3 Å². The summed E-state index contributed by atoms with van der Waals surface area (Å²) in [6.45, 7) is 2.01. The van der Waals surface area contributed by atoms with Crippen LogP contribution in [0, 0.1) is 5.82 Å². The second-order valence-electron chi connectivity index (χ2n) is 6.00. The summed E-state index contributed by atoms with van der Waals surface area (Å²) in [6.07, 6.45) is 0.725.